The van der Waals surface area contributed by atoms with Crippen molar-refractivity contribution in [1.82, 2.24) is 0 Å². The van der Waals surface area contributed by atoms with Crippen molar-refractivity contribution in [2.45, 2.75) is 0 Å². The Hall–Kier alpha value is 0.179. The van der Waals surface area contributed by atoms with Gasteiger partial charge in [0, 0.05) is 32.7 Å². The van der Waals surface area contributed by atoms with Gasteiger partial charge in [-0.05, 0) is 5.46 Å². The molecule has 4 heteroatoms. The van der Waals surface area contributed by atoms with E-state index in [9.17, 15) is 0 Å². The van der Waals surface area contributed by atoms with Crippen molar-refractivity contribution in [3.63, 3.8) is 0 Å². The fraction of sp³-hybridized carbons (Fsp3) is 0. The van der Waals surface area contributed by atoms with Crippen LogP contribution in [0.1, 0.15) is 5.56 Å². The molecule has 1 rings (SSSR count). The molecule has 1 aromatic rings. The zero-order valence-corrected chi connectivity index (χ0v) is 8.90. The first-order valence-corrected chi connectivity index (χ1v) is 2.98. The summed E-state index contributed by atoms with van der Waals surface area (Å²) in [6, 6.07) is 6.73. The molecule has 0 heterocycles. The van der Waals surface area contributed by atoms with Gasteiger partial charge in [0.2, 0.25) is 0 Å². The van der Waals surface area contributed by atoms with Crippen molar-refractivity contribution >= 4 is 12.6 Å². The molecule has 55 valence electrons. The maximum Gasteiger partial charge on any atom is 0.486 e. The second kappa shape index (κ2) is 4.94. The van der Waals surface area contributed by atoms with E-state index >= 15 is 0 Å². The minimum absolute atomic E-state index is 0. The van der Waals surface area contributed by atoms with E-state index in [4.69, 9.17) is 10.0 Å². The average molecular weight is 224 g/mol. The summed E-state index contributed by atoms with van der Waals surface area (Å²) in [7, 11) is -1.37. The van der Waals surface area contributed by atoms with Crippen molar-refractivity contribution in [1.29, 1.82) is 0 Å². The summed E-state index contributed by atoms with van der Waals surface area (Å²) >= 11 is 0. The van der Waals surface area contributed by atoms with Gasteiger partial charge < -0.3 is 10.0 Å². The fourth-order valence-electron chi connectivity index (χ4n) is 0.690. The van der Waals surface area contributed by atoms with Crippen LogP contribution in [-0.2, 0) is 32.7 Å². The van der Waals surface area contributed by atoms with Crippen LogP contribution in [0.3, 0.4) is 0 Å². The maximum atomic E-state index is 8.65. The Labute approximate surface area is 91.7 Å². The Bertz CT molecular complexity index is 210. The molecule has 0 spiro atoms. The van der Waals surface area contributed by atoms with Crippen LogP contribution in [0.2, 0.25) is 0 Å². The zero-order valence-electron chi connectivity index (χ0n) is 6.07. The molecule has 0 bridgehead atoms. The van der Waals surface area contributed by atoms with Gasteiger partial charge in [-0.1, -0.05) is 0 Å². The summed E-state index contributed by atoms with van der Waals surface area (Å²) in [4.78, 5) is 0. The van der Waals surface area contributed by atoms with Crippen molar-refractivity contribution in [3.8, 4) is 0 Å². The molecule has 0 aromatic heterocycles. The van der Waals surface area contributed by atoms with E-state index in [2.05, 4.69) is 6.92 Å². The van der Waals surface area contributed by atoms with Gasteiger partial charge >= 0.3 is 7.12 Å². The number of rotatable bonds is 1. The molecule has 0 aliphatic rings. The van der Waals surface area contributed by atoms with Crippen LogP contribution in [0.15, 0.2) is 24.3 Å². The van der Waals surface area contributed by atoms with Gasteiger partial charge in [-0.25, -0.2) is 0 Å². The van der Waals surface area contributed by atoms with E-state index in [1.54, 1.807) is 24.3 Å². The second-order valence-corrected chi connectivity index (χ2v) is 2.12. The van der Waals surface area contributed by atoms with Crippen LogP contribution < -0.4 is 5.46 Å². The molecule has 11 heavy (non-hydrogen) atoms. The van der Waals surface area contributed by atoms with E-state index in [0.29, 0.717) is 5.46 Å². The van der Waals surface area contributed by atoms with Crippen LogP contribution in [0.4, 0.5) is 0 Å². The molecule has 0 saturated carbocycles. The van der Waals surface area contributed by atoms with Crippen LogP contribution in [0, 0.1) is 6.92 Å². The van der Waals surface area contributed by atoms with Crippen LogP contribution >= 0.6 is 0 Å². The third-order valence-corrected chi connectivity index (χ3v) is 1.28. The van der Waals surface area contributed by atoms with Crippen molar-refractivity contribution in [2.24, 2.45) is 0 Å². The maximum absolute atomic E-state index is 8.65. The average Bonchev–Trinajstić information content (AvgIpc) is 1.88. The number of benzene rings is 1. The quantitative estimate of drug-likeness (QED) is 0.500. The van der Waals surface area contributed by atoms with Gasteiger partial charge in [0.15, 0.2) is 0 Å². The monoisotopic (exact) mass is 224 g/mol. The molecule has 2 nitrogen and oxygen atoms in total. The van der Waals surface area contributed by atoms with E-state index < -0.39 is 7.12 Å². The largest absolute Gasteiger partial charge is 0.486 e. The molecule has 0 saturated heterocycles. The first kappa shape index (κ1) is 11.2. The Morgan fingerprint density at radius 2 is 1.55 bits per heavy atom. The van der Waals surface area contributed by atoms with E-state index in [1.807, 2.05) is 0 Å². The molecule has 1 aromatic carbocycles. The van der Waals surface area contributed by atoms with E-state index in [-0.39, 0.29) is 32.7 Å². The topological polar surface area (TPSA) is 40.5 Å². The van der Waals surface area contributed by atoms with Gasteiger partial charge in [-0.2, -0.15) is 24.6 Å². The molecule has 0 amide bonds. The van der Waals surface area contributed by atoms with Gasteiger partial charge in [0.1, 0.15) is 0 Å². The summed E-state index contributed by atoms with van der Waals surface area (Å²) in [5, 5.41) is 17.3. The minimum Gasteiger partial charge on any atom is -0.423 e. The van der Waals surface area contributed by atoms with Crippen LogP contribution in [-0.4, -0.2) is 17.2 Å². The third kappa shape index (κ3) is 3.39. The van der Waals surface area contributed by atoms with Crippen LogP contribution in [0.5, 0.6) is 0 Å². The molecule has 1 radical (unpaired) electrons. The molecular weight excluding hydrogens is 216 g/mol. The standard InChI is InChI=1S/C7H8BO2.Y/c1-6-2-4-7(5-3-6)8(9)10;/h2-5,9-10H,1H2;/q-1;. The third-order valence-electron chi connectivity index (χ3n) is 1.28. The second-order valence-electron chi connectivity index (χ2n) is 2.12. The van der Waals surface area contributed by atoms with Gasteiger partial charge in [-0.3, -0.25) is 0 Å². The smallest absolute Gasteiger partial charge is 0.423 e. The molecule has 0 atom stereocenters. The molecule has 2 N–H and O–H groups in total. The molecule has 0 unspecified atom stereocenters. The Kier molecular flexibility index (Phi) is 5.02. The molecule has 0 aliphatic heterocycles. The Morgan fingerprint density at radius 1 is 1.09 bits per heavy atom. The van der Waals surface area contributed by atoms with Crippen molar-refractivity contribution < 1.29 is 42.8 Å². The number of hydrogen-bond donors (Lipinski definition) is 2. The minimum atomic E-state index is -1.37. The van der Waals surface area contributed by atoms with Crippen molar-refractivity contribution in [2.75, 3.05) is 0 Å². The van der Waals surface area contributed by atoms with E-state index in [1.165, 1.54) is 0 Å². The summed E-state index contributed by atoms with van der Waals surface area (Å²) in [6.45, 7) is 3.66. The summed E-state index contributed by atoms with van der Waals surface area (Å²) in [5.41, 5.74) is 1.36. The van der Waals surface area contributed by atoms with E-state index in [0.717, 1.165) is 5.56 Å². The first-order valence-electron chi connectivity index (χ1n) is 2.98. The van der Waals surface area contributed by atoms with Crippen molar-refractivity contribution in [3.05, 3.63) is 36.8 Å². The predicted molar refractivity (Wildman–Crippen MR) is 40.7 cm³/mol. The molecular formula is C7H8BO2Y-. The predicted octanol–water partition coefficient (Wildman–Crippen LogP) is -0.454. The molecule has 0 aliphatic carbocycles. The van der Waals surface area contributed by atoms with Gasteiger partial charge in [0.25, 0.3) is 0 Å². The Morgan fingerprint density at radius 3 is 1.91 bits per heavy atom. The summed E-state index contributed by atoms with van der Waals surface area (Å²) in [6.07, 6.45) is 0. The zero-order chi connectivity index (χ0) is 7.56. The number of hydrogen-bond acceptors (Lipinski definition) is 2. The first-order chi connectivity index (χ1) is 4.70. The SMILES string of the molecule is [CH2-]c1ccc(B(O)O)cc1.[Y]. The van der Waals surface area contributed by atoms with Gasteiger partial charge in [0.05, 0.1) is 0 Å². The van der Waals surface area contributed by atoms with Crippen LogP contribution in [0.25, 0.3) is 0 Å². The normalized spacial score (nSPS) is 8.55. The van der Waals surface area contributed by atoms with Gasteiger partial charge in [-0.15, -0.1) is 12.1 Å². The summed E-state index contributed by atoms with van der Waals surface area (Å²) in [5.74, 6) is 0. The molecule has 0 fully saturated rings. The fourth-order valence-corrected chi connectivity index (χ4v) is 0.690. The summed E-state index contributed by atoms with van der Waals surface area (Å²) < 4.78 is 0. The Balaban J connectivity index is 0.000001000.